The fourth-order valence-corrected chi connectivity index (χ4v) is 5.08. The maximum absolute atomic E-state index is 2.66. The first kappa shape index (κ1) is 8.08. The van der Waals surface area contributed by atoms with Crippen molar-refractivity contribution in [1.82, 2.24) is 0 Å². The Morgan fingerprint density at radius 1 is 0.900 bits per heavy atom. The van der Waals surface area contributed by atoms with Gasteiger partial charge in [0, 0.05) is 7.85 Å². The van der Waals surface area contributed by atoms with Gasteiger partial charge in [0.05, 0.1) is 0 Å². The van der Waals surface area contributed by atoms with Crippen molar-refractivity contribution in [2.24, 2.45) is 11.8 Å². The first-order valence-electron chi connectivity index (χ1n) is 4.04. The van der Waals surface area contributed by atoms with Gasteiger partial charge in [-0.05, 0) is 37.5 Å². The van der Waals surface area contributed by atoms with Gasteiger partial charge in [-0.15, -0.1) is 0 Å². The summed E-state index contributed by atoms with van der Waals surface area (Å²) in [6, 6.07) is 0. The highest BCUT2D eigenvalue weighted by atomic mass is 127. The second kappa shape index (κ2) is 3.07. The van der Waals surface area contributed by atoms with Gasteiger partial charge < -0.3 is 0 Å². The first-order valence-corrected chi connectivity index (χ1v) is 6.53. The number of rotatable bonds is 0. The zero-order valence-corrected chi connectivity index (χ0v) is 10.2. The molecule has 2 heteroatoms. The summed E-state index contributed by atoms with van der Waals surface area (Å²) in [4.78, 5) is 0. The Balaban J connectivity index is 2.06. The van der Waals surface area contributed by atoms with Crippen molar-refractivity contribution in [1.29, 1.82) is 0 Å². The minimum Gasteiger partial charge on any atom is -0.0826 e. The summed E-state index contributed by atoms with van der Waals surface area (Å²) in [5, 5.41) is 0. The van der Waals surface area contributed by atoms with Crippen LogP contribution in [0.2, 0.25) is 0 Å². The molecule has 2 rings (SSSR count). The molecule has 2 aliphatic carbocycles. The van der Waals surface area contributed by atoms with Crippen LogP contribution in [-0.4, -0.2) is 7.85 Å². The zero-order chi connectivity index (χ0) is 7.14. The van der Waals surface area contributed by atoms with Gasteiger partial charge in [-0.1, -0.05) is 45.2 Å². The van der Waals surface area contributed by atoms with Crippen LogP contribution in [0.15, 0.2) is 0 Å². The third-order valence-electron chi connectivity index (χ3n) is 2.85. The maximum atomic E-state index is 2.66. The summed E-state index contributed by atoms with van der Waals surface area (Å²) in [6.07, 6.45) is 6.08. The smallest absolute Gasteiger partial charge is 0.0141 e. The lowest BCUT2D eigenvalue weighted by molar-refractivity contribution is 0.379. The number of fused-ring (bicyclic) bond motifs is 2. The van der Waals surface area contributed by atoms with E-state index in [4.69, 9.17) is 0 Å². The summed E-state index contributed by atoms with van der Waals surface area (Å²) < 4.78 is 2.02. The van der Waals surface area contributed by atoms with E-state index >= 15 is 0 Å². The fourth-order valence-electron chi connectivity index (χ4n) is 2.41. The van der Waals surface area contributed by atoms with Gasteiger partial charge in [-0.3, -0.25) is 0 Å². The Hall–Kier alpha value is 1.46. The highest BCUT2D eigenvalue weighted by molar-refractivity contribution is 14.1. The lowest BCUT2D eigenvalue weighted by atomic mass is 9.89. The number of halogens is 2. The average Bonchev–Trinajstić information content (AvgIpc) is 2.07. The van der Waals surface area contributed by atoms with E-state index in [9.17, 15) is 0 Å². The van der Waals surface area contributed by atoms with Crippen LogP contribution in [0.1, 0.15) is 25.7 Å². The molecule has 0 aromatic rings. The van der Waals surface area contributed by atoms with Crippen molar-refractivity contribution in [3.8, 4) is 0 Å². The Morgan fingerprint density at radius 2 is 1.70 bits per heavy atom. The average molecular weight is 362 g/mol. The molecule has 0 aromatic carbocycles. The molecule has 4 unspecified atom stereocenters. The second-order valence-corrected chi connectivity index (χ2v) is 7.04. The van der Waals surface area contributed by atoms with Gasteiger partial charge in [-0.25, -0.2) is 0 Å². The highest BCUT2D eigenvalue weighted by Gasteiger charge is 2.38. The molecule has 0 saturated heterocycles. The highest BCUT2D eigenvalue weighted by Crippen LogP contribution is 2.47. The molecule has 2 bridgehead atoms. The molecular weight excluding hydrogens is 350 g/mol. The van der Waals surface area contributed by atoms with Gasteiger partial charge in [0.25, 0.3) is 0 Å². The SMILES string of the molecule is IC1CC2CC(I)C(C1)C2. The lowest BCUT2D eigenvalue weighted by Crippen LogP contribution is -2.16. The maximum Gasteiger partial charge on any atom is 0.0141 e. The molecule has 2 aliphatic rings. The van der Waals surface area contributed by atoms with Crippen LogP contribution in [0.5, 0.6) is 0 Å². The number of hydrogen-bond acceptors (Lipinski definition) is 0. The third kappa shape index (κ3) is 1.47. The molecular formula is C8H12I2. The molecule has 0 amide bonds. The monoisotopic (exact) mass is 362 g/mol. The van der Waals surface area contributed by atoms with E-state index in [1.54, 1.807) is 6.42 Å². The predicted molar refractivity (Wildman–Crippen MR) is 61.1 cm³/mol. The minimum atomic E-state index is 1.00. The van der Waals surface area contributed by atoms with Crippen LogP contribution in [0.25, 0.3) is 0 Å². The molecule has 0 heterocycles. The van der Waals surface area contributed by atoms with Crippen LogP contribution in [0.4, 0.5) is 0 Å². The Kier molecular flexibility index (Phi) is 2.48. The van der Waals surface area contributed by atoms with Gasteiger partial charge >= 0.3 is 0 Å². The molecule has 10 heavy (non-hydrogen) atoms. The molecule has 0 radical (unpaired) electrons. The molecule has 2 fully saturated rings. The quantitative estimate of drug-likeness (QED) is 0.458. The van der Waals surface area contributed by atoms with Crippen molar-refractivity contribution in [2.45, 2.75) is 33.5 Å². The molecule has 0 aliphatic heterocycles. The first-order chi connectivity index (χ1) is 4.75. The summed E-state index contributed by atoms with van der Waals surface area (Å²) in [5.74, 6) is 2.18. The van der Waals surface area contributed by atoms with Crippen LogP contribution in [-0.2, 0) is 0 Å². The largest absolute Gasteiger partial charge is 0.0826 e. The predicted octanol–water partition coefficient (Wildman–Crippen LogP) is 3.41. The van der Waals surface area contributed by atoms with E-state index in [0.717, 1.165) is 19.7 Å². The van der Waals surface area contributed by atoms with Gasteiger partial charge in [0.2, 0.25) is 0 Å². The Labute approximate surface area is 89.8 Å². The van der Waals surface area contributed by atoms with E-state index in [-0.39, 0.29) is 0 Å². The Morgan fingerprint density at radius 3 is 2.40 bits per heavy atom. The van der Waals surface area contributed by atoms with Crippen molar-refractivity contribution in [3.63, 3.8) is 0 Å². The van der Waals surface area contributed by atoms with E-state index in [0.29, 0.717) is 0 Å². The van der Waals surface area contributed by atoms with Crippen LogP contribution < -0.4 is 0 Å². The van der Waals surface area contributed by atoms with Crippen LogP contribution in [0, 0.1) is 11.8 Å². The molecule has 58 valence electrons. The zero-order valence-electron chi connectivity index (χ0n) is 5.89. The topological polar surface area (TPSA) is 0 Å². The molecule has 0 N–H and O–H groups in total. The van der Waals surface area contributed by atoms with E-state index in [1.807, 2.05) is 0 Å². The summed E-state index contributed by atoms with van der Waals surface area (Å²) in [5.41, 5.74) is 0. The normalized spacial score (nSPS) is 53.4. The van der Waals surface area contributed by atoms with E-state index < -0.39 is 0 Å². The van der Waals surface area contributed by atoms with Crippen molar-refractivity contribution in [2.75, 3.05) is 0 Å². The van der Waals surface area contributed by atoms with E-state index in [1.165, 1.54) is 19.3 Å². The van der Waals surface area contributed by atoms with Gasteiger partial charge in [0.1, 0.15) is 0 Å². The summed E-state index contributed by atoms with van der Waals surface area (Å²) in [6.45, 7) is 0. The minimum absolute atomic E-state index is 1.00. The second-order valence-electron chi connectivity index (χ2n) is 3.68. The van der Waals surface area contributed by atoms with Crippen molar-refractivity contribution in [3.05, 3.63) is 0 Å². The summed E-state index contributed by atoms with van der Waals surface area (Å²) >= 11 is 5.29. The lowest BCUT2D eigenvalue weighted by Gasteiger charge is -2.23. The third-order valence-corrected chi connectivity index (χ3v) is 5.40. The molecule has 0 spiro atoms. The van der Waals surface area contributed by atoms with Crippen LogP contribution >= 0.6 is 45.2 Å². The van der Waals surface area contributed by atoms with E-state index in [2.05, 4.69) is 45.2 Å². The van der Waals surface area contributed by atoms with Crippen molar-refractivity contribution >= 4 is 45.2 Å². The van der Waals surface area contributed by atoms with Gasteiger partial charge in [0.15, 0.2) is 0 Å². The molecule has 2 saturated carbocycles. The number of hydrogen-bond donors (Lipinski definition) is 0. The van der Waals surface area contributed by atoms with Crippen molar-refractivity contribution < 1.29 is 0 Å². The van der Waals surface area contributed by atoms with Gasteiger partial charge in [-0.2, -0.15) is 0 Å². The Bertz CT molecular complexity index is 130. The molecule has 0 nitrogen and oxygen atoms in total. The molecule has 4 atom stereocenters. The molecule has 0 aromatic heterocycles. The number of alkyl halides is 2. The van der Waals surface area contributed by atoms with Crippen LogP contribution in [0.3, 0.4) is 0 Å². The fraction of sp³-hybridized carbons (Fsp3) is 1.00. The standard InChI is InChI=1S/C8H12I2/c9-7-2-5-1-6(4-7)8(10)3-5/h5-8H,1-4H2. The summed E-state index contributed by atoms with van der Waals surface area (Å²) in [7, 11) is 0.